The van der Waals surface area contributed by atoms with E-state index in [1.54, 1.807) is 12.1 Å². The molecule has 92 valence electrons. The van der Waals surface area contributed by atoms with Crippen LogP contribution in [0.5, 0.6) is 5.75 Å². The average molecular weight is 241 g/mol. The van der Waals surface area contributed by atoms with Crippen molar-refractivity contribution < 1.29 is 9.84 Å². The fourth-order valence-electron chi connectivity index (χ4n) is 2.15. The van der Waals surface area contributed by atoms with Gasteiger partial charge in [0, 0.05) is 12.2 Å². The van der Waals surface area contributed by atoms with E-state index < -0.39 is 0 Å². The molecule has 3 rings (SSSR count). The predicted molar refractivity (Wildman–Crippen MR) is 70.4 cm³/mol. The van der Waals surface area contributed by atoms with E-state index in [4.69, 9.17) is 4.74 Å². The Hall–Kier alpha value is -2.00. The highest BCUT2D eigenvalue weighted by Crippen LogP contribution is 2.23. The van der Waals surface area contributed by atoms with Gasteiger partial charge in [-0.05, 0) is 41.0 Å². The van der Waals surface area contributed by atoms with E-state index in [0.29, 0.717) is 18.9 Å². The Balaban J connectivity index is 1.70. The molecule has 3 nitrogen and oxygen atoms in total. The normalized spacial score (nSPS) is 13.3. The van der Waals surface area contributed by atoms with Crippen LogP contribution in [0.1, 0.15) is 16.7 Å². The molecule has 0 saturated heterocycles. The molecule has 0 aromatic heterocycles. The van der Waals surface area contributed by atoms with Crippen molar-refractivity contribution in [2.45, 2.75) is 19.8 Å². The van der Waals surface area contributed by atoms with E-state index in [1.807, 2.05) is 12.1 Å². The van der Waals surface area contributed by atoms with E-state index in [9.17, 15) is 5.11 Å². The van der Waals surface area contributed by atoms with Crippen LogP contribution in [0.25, 0.3) is 0 Å². The van der Waals surface area contributed by atoms with Crippen molar-refractivity contribution in [1.82, 2.24) is 0 Å². The highest BCUT2D eigenvalue weighted by Gasteiger charge is 2.10. The van der Waals surface area contributed by atoms with Crippen LogP contribution >= 0.6 is 0 Å². The Kier molecular flexibility index (Phi) is 2.90. The first-order valence-electron chi connectivity index (χ1n) is 6.02. The molecule has 0 spiro atoms. The summed E-state index contributed by atoms with van der Waals surface area (Å²) in [6.45, 7) is 2.13. The second-order valence-electron chi connectivity index (χ2n) is 4.50. The highest BCUT2D eigenvalue weighted by molar-refractivity contribution is 5.49. The molecule has 2 aromatic rings. The largest absolute Gasteiger partial charge is 0.508 e. The first-order chi connectivity index (χ1) is 8.81. The quantitative estimate of drug-likeness (QED) is 0.867. The summed E-state index contributed by atoms with van der Waals surface area (Å²) >= 11 is 0. The maximum absolute atomic E-state index is 9.39. The number of hydrogen-bond donors (Lipinski definition) is 2. The van der Waals surface area contributed by atoms with Crippen molar-refractivity contribution in [2.24, 2.45) is 0 Å². The molecule has 2 N–H and O–H groups in total. The highest BCUT2D eigenvalue weighted by atomic mass is 16.5. The van der Waals surface area contributed by atoms with Crippen LogP contribution in [0, 0.1) is 0 Å². The van der Waals surface area contributed by atoms with Gasteiger partial charge in [0.25, 0.3) is 0 Å². The van der Waals surface area contributed by atoms with Crippen molar-refractivity contribution in [2.75, 3.05) is 5.32 Å². The summed E-state index contributed by atoms with van der Waals surface area (Å²) in [5, 5.41) is 12.7. The van der Waals surface area contributed by atoms with Gasteiger partial charge in [-0.25, -0.2) is 0 Å². The third-order valence-electron chi connectivity index (χ3n) is 3.13. The summed E-state index contributed by atoms with van der Waals surface area (Å²) in [7, 11) is 0. The number of rotatable bonds is 3. The number of fused-ring (bicyclic) bond motifs is 1. The molecule has 18 heavy (non-hydrogen) atoms. The number of phenols is 1. The second-order valence-corrected chi connectivity index (χ2v) is 4.50. The Morgan fingerprint density at radius 3 is 2.83 bits per heavy atom. The Labute approximate surface area is 106 Å². The van der Waals surface area contributed by atoms with Crippen LogP contribution in [0.15, 0.2) is 42.5 Å². The van der Waals surface area contributed by atoms with Gasteiger partial charge in [0.1, 0.15) is 5.75 Å². The van der Waals surface area contributed by atoms with Gasteiger partial charge in [-0.1, -0.05) is 18.2 Å². The van der Waals surface area contributed by atoms with Gasteiger partial charge >= 0.3 is 0 Å². The topological polar surface area (TPSA) is 41.5 Å². The Morgan fingerprint density at radius 1 is 1.06 bits per heavy atom. The van der Waals surface area contributed by atoms with E-state index >= 15 is 0 Å². The van der Waals surface area contributed by atoms with Gasteiger partial charge in [-0.2, -0.15) is 0 Å². The van der Waals surface area contributed by atoms with Gasteiger partial charge in [0.2, 0.25) is 0 Å². The summed E-state index contributed by atoms with van der Waals surface area (Å²) in [6.07, 6.45) is 0. The molecule has 2 aromatic carbocycles. The van der Waals surface area contributed by atoms with Gasteiger partial charge in [0.15, 0.2) is 0 Å². The smallest absolute Gasteiger partial charge is 0.115 e. The zero-order valence-electron chi connectivity index (χ0n) is 10.0. The number of benzene rings is 2. The lowest BCUT2D eigenvalue weighted by atomic mass is 10.1. The van der Waals surface area contributed by atoms with Crippen molar-refractivity contribution in [1.29, 1.82) is 0 Å². The first kappa shape index (κ1) is 11.1. The van der Waals surface area contributed by atoms with E-state index in [2.05, 4.69) is 23.5 Å². The molecule has 1 heterocycles. The zero-order chi connectivity index (χ0) is 12.4. The second kappa shape index (κ2) is 4.70. The van der Waals surface area contributed by atoms with Crippen LogP contribution in [-0.4, -0.2) is 5.11 Å². The number of hydrogen-bond acceptors (Lipinski definition) is 3. The number of nitrogens with one attached hydrogen (secondary N) is 1. The minimum Gasteiger partial charge on any atom is -0.508 e. The number of anilines is 1. The summed E-state index contributed by atoms with van der Waals surface area (Å²) in [5.41, 5.74) is 4.68. The lowest BCUT2D eigenvalue weighted by Gasteiger charge is -2.08. The molecule has 0 saturated carbocycles. The zero-order valence-corrected chi connectivity index (χ0v) is 10.0. The molecular weight excluding hydrogens is 226 g/mol. The monoisotopic (exact) mass is 241 g/mol. The molecule has 0 bridgehead atoms. The molecule has 0 amide bonds. The minimum absolute atomic E-state index is 0.302. The van der Waals surface area contributed by atoms with Gasteiger partial charge in [-0.3, -0.25) is 0 Å². The van der Waals surface area contributed by atoms with Crippen LogP contribution in [-0.2, 0) is 24.5 Å². The van der Waals surface area contributed by atoms with E-state index in [0.717, 1.165) is 17.9 Å². The molecule has 1 aliphatic rings. The molecule has 3 heteroatoms. The van der Waals surface area contributed by atoms with Crippen LogP contribution < -0.4 is 5.32 Å². The Morgan fingerprint density at radius 2 is 1.94 bits per heavy atom. The average Bonchev–Trinajstić information content (AvgIpc) is 2.84. The predicted octanol–water partition coefficient (Wildman–Crippen LogP) is 3.03. The van der Waals surface area contributed by atoms with Crippen LogP contribution in [0.2, 0.25) is 0 Å². The molecule has 0 fully saturated rings. The van der Waals surface area contributed by atoms with Crippen LogP contribution in [0.4, 0.5) is 5.69 Å². The van der Waals surface area contributed by atoms with Gasteiger partial charge in [0.05, 0.1) is 13.2 Å². The third-order valence-corrected chi connectivity index (χ3v) is 3.13. The lowest BCUT2D eigenvalue weighted by molar-refractivity contribution is 0.134. The van der Waals surface area contributed by atoms with Gasteiger partial charge in [-0.15, -0.1) is 0 Å². The van der Waals surface area contributed by atoms with Crippen molar-refractivity contribution in [3.8, 4) is 5.75 Å². The molecule has 0 radical (unpaired) electrons. The van der Waals surface area contributed by atoms with E-state index in [-0.39, 0.29) is 0 Å². The fraction of sp³-hybridized carbons (Fsp3) is 0.200. The summed E-state index contributed by atoms with van der Waals surface area (Å²) in [5.74, 6) is 0.302. The number of aromatic hydroxyl groups is 1. The summed E-state index contributed by atoms with van der Waals surface area (Å²) in [4.78, 5) is 0. The van der Waals surface area contributed by atoms with Crippen molar-refractivity contribution in [3.63, 3.8) is 0 Å². The fourth-order valence-corrected chi connectivity index (χ4v) is 2.15. The SMILES string of the molecule is Oc1cccc(CNc2ccc3c(c2)COC3)c1. The first-order valence-corrected chi connectivity index (χ1v) is 6.02. The van der Waals surface area contributed by atoms with Crippen molar-refractivity contribution in [3.05, 3.63) is 59.2 Å². The summed E-state index contributed by atoms with van der Waals surface area (Å²) < 4.78 is 5.39. The Bertz CT molecular complexity index is 566. The molecule has 0 unspecified atom stereocenters. The van der Waals surface area contributed by atoms with E-state index in [1.165, 1.54) is 11.1 Å². The molecule has 0 aliphatic carbocycles. The lowest BCUT2D eigenvalue weighted by Crippen LogP contribution is -1.99. The van der Waals surface area contributed by atoms with Gasteiger partial charge < -0.3 is 15.2 Å². The number of ether oxygens (including phenoxy) is 1. The van der Waals surface area contributed by atoms with Crippen LogP contribution in [0.3, 0.4) is 0 Å². The molecule has 0 atom stereocenters. The maximum atomic E-state index is 9.39. The molecule has 1 aliphatic heterocycles. The molecular formula is C15H15NO2. The summed E-state index contributed by atoms with van der Waals surface area (Å²) in [6, 6.07) is 13.6. The maximum Gasteiger partial charge on any atom is 0.115 e. The van der Waals surface area contributed by atoms with Crippen molar-refractivity contribution >= 4 is 5.69 Å². The minimum atomic E-state index is 0.302. The standard InChI is InChI=1S/C15H15NO2/c17-15-3-1-2-11(6-15)8-16-14-5-4-12-9-18-10-13(12)7-14/h1-7,16-17H,8-10H2. The number of phenolic OH excluding ortho intramolecular Hbond substituents is 1. The third kappa shape index (κ3) is 2.31.